The molecule has 0 radical (unpaired) electrons. The monoisotopic (exact) mass is 270 g/mol. The summed E-state index contributed by atoms with van der Waals surface area (Å²) in [5.74, 6) is 0.829. The van der Waals surface area contributed by atoms with Crippen LogP contribution < -0.4 is 0 Å². The van der Waals surface area contributed by atoms with E-state index in [-0.39, 0.29) is 6.10 Å². The molecule has 1 aromatic rings. The Morgan fingerprint density at radius 1 is 1.29 bits per heavy atom. The largest absolute Gasteiger partial charge is 0.392 e. The molecule has 0 aromatic heterocycles. The van der Waals surface area contributed by atoms with E-state index >= 15 is 0 Å². The lowest BCUT2D eigenvalue weighted by Gasteiger charge is -2.14. The van der Waals surface area contributed by atoms with Gasteiger partial charge >= 0.3 is 0 Å². The van der Waals surface area contributed by atoms with Crippen molar-refractivity contribution in [3.63, 3.8) is 0 Å². The minimum atomic E-state index is -0.277. The van der Waals surface area contributed by atoms with Crippen molar-refractivity contribution in [1.82, 2.24) is 0 Å². The SMILES string of the molecule is OC(CSC1CCCC1)Cc1ccccc1Cl. The van der Waals surface area contributed by atoms with Crippen LogP contribution in [-0.4, -0.2) is 22.2 Å². The number of hydrogen-bond acceptors (Lipinski definition) is 2. The number of halogens is 1. The van der Waals surface area contributed by atoms with Gasteiger partial charge in [0.1, 0.15) is 0 Å². The van der Waals surface area contributed by atoms with Crippen molar-refractivity contribution in [2.24, 2.45) is 0 Å². The maximum Gasteiger partial charge on any atom is 0.0671 e. The minimum Gasteiger partial charge on any atom is -0.392 e. The van der Waals surface area contributed by atoms with Crippen molar-refractivity contribution in [2.45, 2.75) is 43.5 Å². The highest BCUT2D eigenvalue weighted by Gasteiger charge is 2.17. The molecule has 1 unspecified atom stereocenters. The van der Waals surface area contributed by atoms with Crippen LogP contribution in [0.5, 0.6) is 0 Å². The molecule has 1 atom stereocenters. The third kappa shape index (κ3) is 4.20. The Morgan fingerprint density at radius 2 is 2.00 bits per heavy atom. The van der Waals surface area contributed by atoms with Gasteiger partial charge in [-0.1, -0.05) is 42.6 Å². The zero-order valence-electron chi connectivity index (χ0n) is 9.94. The van der Waals surface area contributed by atoms with Crippen LogP contribution in [0.15, 0.2) is 24.3 Å². The highest BCUT2D eigenvalue weighted by atomic mass is 35.5. The fourth-order valence-electron chi connectivity index (χ4n) is 2.28. The van der Waals surface area contributed by atoms with E-state index in [9.17, 15) is 5.11 Å². The van der Waals surface area contributed by atoms with Crippen LogP contribution in [0.3, 0.4) is 0 Å². The Kier molecular flexibility index (Phi) is 5.20. The van der Waals surface area contributed by atoms with Gasteiger partial charge in [0.2, 0.25) is 0 Å². The molecule has 1 nitrogen and oxygen atoms in total. The Bertz CT molecular complexity index is 350. The molecular formula is C14H19ClOS. The molecule has 1 aromatic carbocycles. The third-order valence-corrected chi connectivity index (χ3v) is 5.13. The van der Waals surface area contributed by atoms with Crippen LogP contribution in [0.25, 0.3) is 0 Å². The summed E-state index contributed by atoms with van der Waals surface area (Å²) >= 11 is 8.00. The lowest BCUT2D eigenvalue weighted by Crippen LogP contribution is -2.15. The summed E-state index contributed by atoms with van der Waals surface area (Å²) in [7, 11) is 0. The highest BCUT2D eigenvalue weighted by molar-refractivity contribution is 7.99. The summed E-state index contributed by atoms with van der Waals surface area (Å²) in [4.78, 5) is 0. The fraction of sp³-hybridized carbons (Fsp3) is 0.571. The molecule has 1 fully saturated rings. The van der Waals surface area contributed by atoms with Gasteiger partial charge < -0.3 is 5.11 Å². The quantitative estimate of drug-likeness (QED) is 0.875. The molecule has 0 saturated heterocycles. The van der Waals surface area contributed by atoms with Crippen molar-refractivity contribution in [2.75, 3.05) is 5.75 Å². The van der Waals surface area contributed by atoms with E-state index in [1.807, 2.05) is 36.0 Å². The second-order valence-electron chi connectivity index (χ2n) is 4.69. The lowest BCUT2D eigenvalue weighted by atomic mass is 10.1. The summed E-state index contributed by atoms with van der Waals surface area (Å²) in [5, 5.41) is 11.5. The van der Waals surface area contributed by atoms with Crippen molar-refractivity contribution >= 4 is 23.4 Å². The van der Waals surface area contributed by atoms with Crippen molar-refractivity contribution in [3.05, 3.63) is 34.9 Å². The fourth-order valence-corrected chi connectivity index (χ4v) is 3.77. The predicted octanol–water partition coefficient (Wildman–Crippen LogP) is 3.92. The van der Waals surface area contributed by atoms with E-state index < -0.39 is 0 Å². The lowest BCUT2D eigenvalue weighted by molar-refractivity contribution is 0.200. The summed E-state index contributed by atoms with van der Waals surface area (Å²) < 4.78 is 0. The highest BCUT2D eigenvalue weighted by Crippen LogP contribution is 2.30. The van der Waals surface area contributed by atoms with Gasteiger partial charge in [-0.15, -0.1) is 0 Å². The van der Waals surface area contributed by atoms with Crippen LogP contribution in [0.2, 0.25) is 5.02 Å². The molecule has 3 heteroatoms. The average molecular weight is 271 g/mol. The number of thioether (sulfide) groups is 1. The molecule has 1 N–H and O–H groups in total. The molecule has 0 aliphatic heterocycles. The van der Waals surface area contributed by atoms with Crippen LogP contribution in [0.1, 0.15) is 31.2 Å². The smallest absolute Gasteiger partial charge is 0.0671 e. The van der Waals surface area contributed by atoms with E-state index in [1.54, 1.807) is 0 Å². The molecule has 2 rings (SSSR count). The Balaban J connectivity index is 1.76. The van der Waals surface area contributed by atoms with Gasteiger partial charge in [-0.2, -0.15) is 11.8 Å². The normalized spacial score (nSPS) is 18.5. The summed E-state index contributed by atoms with van der Waals surface area (Å²) in [6.45, 7) is 0. The zero-order chi connectivity index (χ0) is 12.1. The molecule has 94 valence electrons. The topological polar surface area (TPSA) is 20.2 Å². The Labute approximate surface area is 113 Å². The van der Waals surface area contributed by atoms with E-state index in [4.69, 9.17) is 11.6 Å². The van der Waals surface area contributed by atoms with Gasteiger partial charge in [0.15, 0.2) is 0 Å². The first kappa shape index (κ1) is 13.3. The molecule has 0 bridgehead atoms. The van der Waals surface area contributed by atoms with Crippen molar-refractivity contribution < 1.29 is 5.11 Å². The molecule has 0 spiro atoms. The molecule has 0 amide bonds. The first-order valence-corrected chi connectivity index (χ1v) is 7.71. The third-order valence-electron chi connectivity index (χ3n) is 3.24. The predicted molar refractivity (Wildman–Crippen MR) is 75.9 cm³/mol. The molecule has 0 heterocycles. The van der Waals surface area contributed by atoms with Crippen molar-refractivity contribution in [3.8, 4) is 0 Å². The molecule has 1 aliphatic carbocycles. The summed E-state index contributed by atoms with van der Waals surface area (Å²) in [6.07, 6.45) is 5.75. The van der Waals surface area contributed by atoms with Crippen molar-refractivity contribution in [1.29, 1.82) is 0 Å². The molecule has 1 saturated carbocycles. The van der Waals surface area contributed by atoms with E-state index in [2.05, 4.69) is 0 Å². The zero-order valence-corrected chi connectivity index (χ0v) is 11.5. The van der Waals surface area contributed by atoms with Crippen LogP contribution in [0, 0.1) is 0 Å². The second kappa shape index (κ2) is 6.67. The van der Waals surface area contributed by atoms with E-state index in [0.29, 0.717) is 6.42 Å². The minimum absolute atomic E-state index is 0.277. The molecular weight excluding hydrogens is 252 g/mol. The van der Waals surface area contributed by atoms with Gasteiger partial charge in [-0.3, -0.25) is 0 Å². The van der Waals surface area contributed by atoms with E-state index in [0.717, 1.165) is 21.6 Å². The van der Waals surface area contributed by atoms with Gasteiger partial charge in [0.25, 0.3) is 0 Å². The molecule has 17 heavy (non-hydrogen) atoms. The van der Waals surface area contributed by atoms with Crippen LogP contribution in [-0.2, 0) is 6.42 Å². The number of aliphatic hydroxyl groups excluding tert-OH is 1. The summed E-state index contributed by atoms with van der Waals surface area (Å²) in [5.41, 5.74) is 1.05. The Hall–Kier alpha value is -0.180. The first-order chi connectivity index (χ1) is 8.25. The van der Waals surface area contributed by atoms with Crippen LogP contribution >= 0.6 is 23.4 Å². The van der Waals surface area contributed by atoms with Gasteiger partial charge in [0.05, 0.1) is 6.10 Å². The van der Waals surface area contributed by atoms with E-state index in [1.165, 1.54) is 25.7 Å². The summed E-state index contributed by atoms with van der Waals surface area (Å²) in [6, 6.07) is 7.77. The maximum absolute atomic E-state index is 10.0. The van der Waals surface area contributed by atoms with Crippen LogP contribution in [0.4, 0.5) is 0 Å². The standard InChI is InChI=1S/C14H19ClOS/c15-14-8-4-1-5-11(14)9-12(16)10-17-13-6-2-3-7-13/h1,4-5,8,12-13,16H,2-3,6-7,9-10H2. The second-order valence-corrected chi connectivity index (χ2v) is 6.43. The first-order valence-electron chi connectivity index (χ1n) is 6.29. The number of aliphatic hydroxyl groups is 1. The van der Waals surface area contributed by atoms with Gasteiger partial charge in [0, 0.05) is 22.4 Å². The number of benzene rings is 1. The Morgan fingerprint density at radius 3 is 2.71 bits per heavy atom. The average Bonchev–Trinajstić information content (AvgIpc) is 2.82. The van der Waals surface area contributed by atoms with Gasteiger partial charge in [-0.05, 0) is 24.5 Å². The number of hydrogen-bond donors (Lipinski definition) is 1. The number of rotatable bonds is 5. The molecule has 1 aliphatic rings. The van der Waals surface area contributed by atoms with Gasteiger partial charge in [-0.25, -0.2) is 0 Å². The maximum atomic E-state index is 10.0.